The maximum Gasteiger partial charge on any atom is 0.107 e. The lowest BCUT2D eigenvalue weighted by atomic mass is 10.00. The van der Waals surface area contributed by atoms with Crippen LogP contribution in [0, 0.1) is 5.92 Å². The van der Waals surface area contributed by atoms with Gasteiger partial charge in [0.05, 0.1) is 6.61 Å². The number of nitrogens with one attached hydrogen (secondary N) is 1. The van der Waals surface area contributed by atoms with Crippen LogP contribution in [0.3, 0.4) is 0 Å². The fourth-order valence-corrected chi connectivity index (χ4v) is 2.87. The molecule has 2 heterocycles. The Balaban J connectivity index is 2.01. The zero-order chi connectivity index (χ0) is 10.8. The average molecular weight is 225 g/mol. The van der Waals surface area contributed by atoms with Gasteiger partial charge in [-0.2, -0.15) is 0 Å². The van der Waals surface area contributed by atoms with Gasteiger partial charge in [0, 0.05) is 17.0 Å². The van der Waals surface area contributed by atoms with Crippen molar-refractivity contribution in [2.45, 2.75) is 39.0 Å². The van der Waals surface area contributed by atoms with Gasteiger partial charge in [-0.15, -0.1) is 11.3 Å². The summed E-state index contributed by atoms with van der Waals surface area (Å²) in [7, 11) is 0. The Morgan fingerprint density at radius 3 is 2.87 bits per heavy atom. The van der Waals surface area contributed by atoms with Crippen LogP contribution < -0.4 is 5.32 Å². The highest BCUT2D eigenvalue weighted by Crippen LogP contribution is 2.29. The summed E-state index contributed by atoms with van der Waals surface area (Å²) in [4.78, 5) is 1.33. The summed E-state index contributed by atoms with van der Waals surface area (Å²) in [5.74, 6) is 0.636. The Morgan fingerprint density at radius 1 is 1.53 bits per heavy atom. The molecule has 0 saturated carbocycles. The summed E-state index contributed by atoms with van der Waals surface area (Å²) >= 11 is 1.78. The topological polar surface area (TPSA) is 21.3 Å². The lowest BCUT2D eigenvalue weighted by molar-refractivity contribution is -0.0320. The summed E-state index contributed by atoms with van der Waals surface area (Å²) in [5, 5.41) is 5.75. The second-order valence-electron chi connectivity index (χ2n) is 4.58. The molecule has 0 spiro atoms. The van der Waals surface area contributed by atoms with Crippen LogP contribution in [0.4, 0.5) is 0 Å². The molecule has 1 fully saturated rings. The molecule has 15 heavy (non-hydrogen) atoms. The van der Waals surface area contributed by atoms with Crippen LogP contribution >= 0.6 is 11.3 Å². The summed E-state index contributed by atoms with van der Waals surface area (Å²) < 4.78 is 5.96. The normalized spacial score (nSPS) is 32.1. The van der Waals surface area contributed by atoms with Crippen molar-refractivity contribution in [1.29, 1.82) is 0 Å². The van der Waals surface area contributed by atoms with Crippen molar-refractivity contribution in [3.05, 3.63) is 22.4 Å². The maximum absolute atomic E-state index is 5.96. The molecule has 0 aromatic carbocycles. The SMILES string of the molecule is CC(C)C1COC(c2cccs2)C(C)N1. The fraction of sp³-hybridized carbons (Fsp3) is 0.667. The van der Waals surface area contributed by atoms with E-state index in [9.17, 15) is 0 Å². The highest BCUT2D eigenvalue weighted by Gasteiger charge is 2.30. The van der Waals surface area contributed by atoms with Gasteiger partial charge in [0.15, 0.2) is 0 Å². The molecule has 3 heteroatoms. The lowest BCUT2D eigenvalue weighted by Gasteiger charge is -2.37. The monoisotopic (exact) mass is 225 g/mol. The molecule has 1 saturated heterocycles. The number of thiophene rings is 1. The van der Waals surface area contributed by atoms with Gasteiger partial charge < -0.3 is 10.1 Å². The van der Waals surface area contributed by atoms with Crippen molar-refractivity contribution in [3.63, 3.8) is 0 Å². The minimum Gasteiger partial charge on any atom is -0.369 e. The van der Waals surface area contributed by atoms with Crippen LogP contribution in [0.1, 0.15) is 31.8 Å². The highest BCUT2D eigenvalue weighted by molar-refractivity contribution is 7.10. The molecular formula is C12H19NOS. The summed E-state index contributed by atoms with van der Waals surface area (Å²) in [6.07, 6.45) is 0.236. The second kappa shape index (κ2) is 4.64. The van der Waals surface area contributed by atoms with Crippen LogP contribution in [0.2, 0.25) is 0 Å². The third-order valence-corrected chi connectivity index (χ3v) is 3.95. The molecule has 0 amide bonds. The molecule has 0 radical (unpaired) electrons. The Hall–Kier alpha value is -0.380. The largest absolute Gasteiger partial charge is 0.369 e. The lowest BCUT2D eigenvalue weighted by Crippen LogP contribution is -2.51. The van der Waals surface area contributed by atoms with Gasteiger partial charge >= 0.3 is 0 Å². The standard InChI is InChI=1S/C12H19NOS/c1-8(2)10-7-14-12(9(3)13-10)11-5-4-6-15-11/h4-6,8-10,12-13H,7H2,1-3H3. The number of hydrogen-bond donors (Lipinski definition) is 1. The molecular weight excluding hydrogens is 206 g/mol. The van der Waals surface area contributed by atoms with E-state index in [1.165, 1.54) is 4.88 Å². The van der Waals surface area contributed by atoms with E-state index in [1.807, 2.05) is 0 Å². The van der Waals surface area contributed by atoms with Crippen LogP contribution in [0.5, 0.6) is 0 Å². The van der Waals surface area contributed by atoms with Crippen molar-refractivity contribution in [2.24, 2.45) is 5.92 Å². The van der Waals surface area contributed by atoms with Gasteiger partial charge in [0.1, 0.15) is 6.10 Å². The van der Waals surface area contributed by atoms with Crippen LogP contribution in [-0.4, -0.2) is 18.7 Å². The molecule has 2 nitrogen and oxygen atoms in total. The van der Waals surface area contributed by atoms with E-state index < -0.39 is 0 Å². The average Bonchev–Trinajstić information content (AvgIpc) is 2.70. The first-order valence-corrected chi connectivity index (χ1v) is 6.47. The minimum absolute atomic E-state index is 0.236. The third kappa shape index (κ3) is 2.41. The molecule has 1 aliphatic rings. The molecule has 3 unspecified atom stereocenters. The predicted molar refractivity (Wildman–Crippen MR) is 64.2 cm³/mol. The van der Waals surface area contributed by atoms with Gasteiger partial charge in [-0.3, -0.25) is 0 Å². The van der Waals surface area contributed by atoms with Gasteiger partial charge in [-0.05, 0) is 24.3 Å². The molecule has 0 aliphatic carbocycles. The van der Waals surface area contributed by atoms with Crippen molar-refractivity contribution >= 4 is 11.3 Å². The number of morpholine rings is 1. The van der Waals surface area contributed by atoms with E-state index in [4.69, 9.17) is 4.74 Å². The first-order valence-electron chi connectivity index (χ1n) is 5.59. The fourth-order valence-electron chi connectivity index (χ4n) is 1.99. The van der Waals surface area contributed by atoms with Crippen LogP contribution in [0.25, 0.3) is 0 Å². The van der Waals surface area contributed by atoms with Gasteiger partial charge in [0.25, 0.3) is 0 Å². The van der Waals surface area contributed by atoms with E-state index in [0.29, 0.717) is 18.0 Å². The molecule has 1 aliphatic heterocycles. The Labute approximate surface area is 95.6 Å². The van der Waals surface area contributed by atoms with E-state index in [0.717, 1.165) is 6.61 Å². The van der Waals surface area contributed by atoms with Gasteiger partial charge in [-0.25, -0.2) is 0 Å². The maximum atomic E-state index is 5.96. The number of hydrogen-bond acceptors (Lipinski definition) is 3. The van der Waals surface area contributed by atoms with E-state index in [-0.39, 0.29) is 6.10 Å². The molecule has 84 valence electrons. The van der Waals surface area contributed by atoms with Crippen molar-refractivity contribution < 1.29 is 4.74 Å². The Bertz CT molecular complexity index is 297. The Morgan fingerprint density at radius 2 is 2.33 bits per heavy atom. The first kappa shape index (κ1) is 11.1. The van der Waals surface area contributed by atoms with Crippen molar-refractivity contribution in [3.8, 4) is 0 Å². The second-order valence-corrected chi connectivity index (χ2v) is 5.55. The smallest absolute Gasteiger partial charge is 0.107 e. The molecule has 3 atom stereocenters. The van der Waals surface area contributed by atoms with Crippen molar-refractivity contribution in [1.82, 2.24) is 5.32 Å². The van der Waals surface area contributed by atoms with Gasteiger partial charge in [-0.1, -0.05) is 19.9 Å². The molecule has 2 rings (SSSR count). The molecule has 1 aromatic heterocycles. The van der Waals surface area contributed by atoms with E-state index in [2.05, 4.69) is 43.6 Å². The summed E-state index contributed by atoms with van der Waals surface area (Å²) in [6, 6.07) is 5.15. The molecule has 0 bridgehead atoms. The number of ether oxygens (including phenoxy) is 1. The Kier molecular flexibility index (Phi) is 3.44. The van der Waals surface area contributed by atoms with Crippen LogP contribution in [0.15, 0.2) is 17.5 Å². The predicted octanol–water partition coefficient (Wildman–Crippen LogP) is 2.82. The molecule has 1 aromatic rings. The summed E-state index contributed by atoms with van der Waals surface area (Å²) in [5.41, 5.74) is 0. The van der Waals surface area contributed by atoms with Crippen LogP contribution in [-0.2, 0) is 4.74 Å². The third-order valence-electron chi connectivity index (χ3n) is 3.01. The first-order chi connectivity index (χ1) is 7.18. The minimum atomic E-state index is 0.236. The summed E-state index contributed by atoms with van der Waals surface area (Å²) in [6.45, 7) is 7.50. The molecule has 1 N–H and O–H groups in total. The van der Waals surface area contributed by atoms with E-state index in [1.54, 1.807) is 11.3 Å². The van der Waals surface area contributed by atoms with Gasteiger partial charge in [0.2, 0.25) is 0 Å². The van der Waals surface area contributed by atoms with Crippen molar-refractivity contribution in [2.75, 3.05) is 6.61 Å². The highest BCUT2D eigenvalue weighted by atomic mass is 32.1. The number of rotatable bonds is 2. The van der Waals surface area contributed by atoms with E-state index >= 15 is 0 Å². The zero-order valence-electron chi connectivity index (χ0n) is 9.57. The quantitative estimate of drug-likeness (QED) is 0.835. The zero-order valence-corrected chi connectivity index (χ0v) is 10.4.